The number of hydrogen-bond acceptors (Lipinski definition) is 4. The van der Waals surface area contributed by atoms with Crippen LogP contribution in [0.2, 0.25) is 0 Å². The molecule has 110 valence electrons. The molecule has 1 spiro atoms. The van der Waals surface area contributed by atoms with E-state index >= 15 is 0 Å². The lowest BCUT2D eigenvalue weighted by Gasteiger charge is -2.44. The highest BCUT2D eigenvalue weighted by Crippen LogP contribution is 2.37. The smallest absolute Gasteiger partial charge is 0.0713 e. The fourth-order valence-corrected chi connectivity index (χ4v) is 4.60. The van der Waals surface area contributed by atoms with Crippen LogP contribution < -0.4 is 5.32 Å². The van der Waals surface area contributed by atoms with Crippen LogP contribution in [0.25, 0.3) is 0 Å². The van der Waals surface area contributed by atoms with E-state index in [9.17, 15) is 0 Å². The van der Waals surface area contributed by atoms with Gasteiger partial charge in [0.1, 0.15) is 0 Å². The molecule has 0 radical (unpaired) electrons. The van der Waals surface area contributed by atoms with Gasteiger partial charge in [0, 0.05) is 31.1 Å². The quantitative estimate of drug-likeness (QED) is 0.928. The highest BCUT2D eigenvalue weighted by molar-refractivity contribution is 7.99. The van der Waals surface area contributed by atoms with Crippen LogP contribution in [0.4, 0.5) is 0 Å². The van der Waals surface area contributed by atoms with Gasteiger partial charge >= 0.3 is 0 Å². The van der Waals surface area contributed by atoms with Crippen LogP contribution in [0, 0.1) is 0 Å². The van der Waals surface area contributed by atoms with Crippen LogP contribution in [0.3, 0.4) is 0 Å². The Morgan fingerprint density at radius 2 is 2.10 bits per heavy atom. The fraction of sp³-hybridized carbons (Fsp3) is 0.688. The summed E-state index contributed by atoms with van der Waals surface area (Å²) >= 11 is 2.07. The number of thioether (sulfide) groups is 1. The van der Waals surface area contributed by atoms with Crippen LogP contribution in [-0.2, 0) is 4.74 Å². The van der Waals surface area contributed by atoms with E-state index in [1.807, 2.05) is 12.4 Å². The molecule has 2 unspecified atom stereocenters. The Hall–Kier alpha value is -0.580. The molecule has 0 aliphatic carbocycles. The number of pyridine rings is 1. The summed E-state index contributed by atoms with van der Waals surface area (Å²) in [4.78, 5) is 4.09. The van der Waals surface area contributed by atoms with Crippen LogP contribution in [0.5, 0.6) is 0 Å². The van der Waals surface area contributed by atoms with Crippen molar-refractivity contribution in [2.24, 2.45) is 0 Å². The summed E-state index contributed by atoms with van der Waals surface area (Å²) in [6.07, 6.45) is 8.49. The molecule has 3 rings (SSSR count). The van der Waals surface area contributed by atoms with Crippen LogP contribution in [0.15, 0.2) is 24.5 Å². The van der Waals surface area contributed by atoms with Gasteiger partial charge in [-0.2, -0.15) is 11.8 Å². The van der Waals surface area contributed by atoms with Gasteiger partial charge in [0.25, 0.3) is 0 Å². The number of nitrogens with zero attached hydrogens (tertiary/aromatic N) is 1. The van der Waals surface area contributed by atoms with Crippen molar-refractivity contribution in [3.05, 3.63) is 30.1 Å². The molecule has 1 N–H and O–H groups in total. The van der Waals surface area contributed by atoms with Crippen molar-refractivity contribution in [1.82, 2.24) is 10.3 Å². The molecule has 0 saturated carbocycles. The van der Waals surface area contributed by atoms with Gasteiger partial charge in [0.05, 0.1) is 5.60 Å². The van der Waals surface area contributed by atoms with Crippen LogP contribution in [-0.4, -0.2) is 34.7 Å². The fourth-order valence-electron chi connectivity index (χ4n) is 3.36. The Morgan fingerprint density at radius 1 is 1.35 bits per heavy atom. The number of nitrogens with one attached hydrogen (secondary N) is 1. The van der Waals surface area contributed by atoms with E-state index in [1.165, 1.54) is 36.3 Å². The van der Waals surface area contributed by atoms with E-state index in [-0.39, 0.29) is 5.60 Å². The molecule has 20 heavy (non-hydrogen) atoms. The molecule has 2 saturated heterocycles. The van der Waals surface area contributed by atoms with E-state index in [2.05, 4.69) is 41.1 Å². The van der Waals surface area contributed by atoms with Gasteiger partial charge in [0.15, 0.2) is 0 Å². The van der Waals surface area contributed by atoms with Gasteiger partial charge in [-0.25, -0.2) is 0 Å². The highest BCUT2D eigenvalue weighted by Gasteiger charge is 2.38. The van der Waals surface area contributed by atoms with E-state index in [0.29, 0.717) is 12.1 Å². The Morgan fingerprint density at radius 3 is 2.85 bits per heavy atom. The zero-order valence-corrected chi connectivity index (χ0v) is 13.0. The molecule has 2 atom stereocenters. The van der Waals surface area contributed by atoms with Crippen molar-refractivity contribution in [2.45, 2.75) is 50.3 Å². The van der Waals surface area contributed by atoms with Crippen molar-refractivity contribution in [2.75, 3.05) is 18.1 Å². The average molecular weight is 292 g/mol. The molecule has 2 fully saturated rings. The first kappa shape index (κ1) is 14.4. The first-order chi connectivity index (χ1) is 9.77. The lowest BCUT2D eigenvalue weighted by Crippen LogP contribution is -2.49. The topological polar surface area (TPSA) is 34.1 Å². The summed E-state index contributed by atoms with van der Waals surface area (Å²) in [6, 6.07) is 5.17. The number of hydrogen-bond donors (Lipinski definition) is 1. The molecule has 4 heteroatoms. The zero-order valence-electron chi connectivity index (χ0n) is 12.2. The lowest BCUT2D eigenvalue weighted by atomic mass is 9.85. The van der Waals surface area contributed by atoms with Crippen molar-refractivity contribution in [3.63, 3.8) is 0 Å². The molecular formula is C16H24N2OS. The second kappa shape index (κ2) is 6.46. The van der Waals surface area contributed by atoms with Crippen molar-refractivity contribution in [3.8, 4) is 0 Å². The van der Waals surface area contributed by atoms with Crippen molar-refractivity contribution >= 4 is 11.8 Å². The van der Waals surface area contributed by atoms with E-state index in [0.717, 1.165) is 13.0 Å². The Bertz CT molecular complexity index is 414. The predicted molar refractivity (Wildman–Crippen MR) is 84.1 cm³/mol. The summed E-state index contributed by atoms with van der Waals surface area (Å²) in [5.41, 5.74) is 1.49. The monoisotopic (exact) mass is 292 g/mol. The minimum Gasteiger partial charge on any atom is -0.375 e. The zero-order chi connectivity index (χ0) is 13.8. The van der Waals surface area contributed by atoms with Gasteiger partial charge in [0.2, 0.25) is 0 Å². The van der Waals surface area contributed by atoms with Gasteiger partial charge in [-0.15, -0.1) is 0 Å². The number of ether oxygens (including phenoxy) is 1. The maximum absolute atomic E-state index is 6.16. The van der Waals surface area contributed by atoms with E-state index in [4.69, 9.17) is 4.74 Å². The summed E-state index contributed by atoms with van der Waals surface area (Å²) in [5.74, 6) is 2.51. The summed E-state index contributed by atoms with van der Waals surface area (Å²) in [7, 11) is 0. The largest absolute Gasteiger partial charge is 0.375 e. The Balaban J connectivity index is 1.60. The van der Waals surface area contributed by atoms with Crippen LogP contribution >= 0.6 is 11.8 Å². The normalized spacial score (nSPS) is 27.4. The maximum Gasteiger partial charge on any atom is 0.0713 e. The summed E-state index contributed by atoms with van der Waals surface area (Å²) in [5, 5.41) is 3.79. The summed E-state index contributed by atoms with van der Waals surface area (Å²) in [6.45, 7) is 3.15. The third-order valence-electron chi connectivity index (χ3n) is 4.59. The van der Waals surface area contributed by atoms with E-state index < -0.39 is 0 Å². The second-order valence-corrected chi connectivity index (χ2v) is 7.23. The van der Waals surface area contributed by atoms with Gasteiger partial charge in [-0.3, -0.25) is 4.98 Å². The van der Waals surface area contributed by atoms with Gasteiger partial charge in [-0.1, -0.05) is 0 Å². The third-order valence-corrected chi connectivity index (χ3v) is 5.57. The SMILES string of the molecule is CC(NC1CCOC2(CCSCC2)C1)c1ccncc1. The molecule has 2 aliphatic heterocycles. The predicted octanol–water partition coefficient (Wildman–Crippen LogP) is 3.18. The first-order valence-electron chi connectivity index (χ1n) is 7.65. The van der Waals surface area contributed by atoms with Crippen LogP contribution in [0.1, 0.15) is 44.2 Å². The number of aromatic nitrogens is 1. The lowest BCUT2D eigenvalue weighted by molar-refractivity contribution is -0.0940. The second-order valence-electron chi connectivity index (χ2n) is 6.00. The molecule has 1 aromatic rings. The standard InChI is InChI=1S/C16H24N2OS/c1-13(14-2-7-17-8-3-14)18-15-4-9-19-16(12-15)5-10-20-11-6-16/h2-3,7-8,13,15,18H,4-6,9-12H2,1H3. The van der Waals surface area contributed by atoms with Gasteiger partial charge in [-0.05, 0) is 61.8 Å². The molecular weight excluding hydrogens is 268 g/mol. The van der Waals surface area contributed by atoms with E-state index in [1.54, 1.807) is 0 Å². The Kier molecular flexibility index (Phi) is 4.64. The Labute approximate surface area is 125 Å². The molecule has 3 nitrogen and oxygen atoms in total. The third kappa shape index (κ3) is 3.35. The highest BCUT2D eigenvalue weighted by atomic mass is 32.2. The summed E-state index contributed by atoms with van der Waals surface area (Å²) < 4.78 is 6.16. The van der Waals surface area contributed by atoms with Gasteiger partial charge < -0.3 is 10.1 Å². The minimum atomic E-state index is 0.166. The van der Waals surface area contributed by atoms with Crippen molar-refractivity contribution < 1.29 is 4.74 Å². The molecule has 0 aromatic carbocycles. The molecule has 0 bridgehead atoms. The maximum atomic E-state index is 6.16. The molecule has 1 aromatic heterocycles. The minimum absolute atomic E-state index is 0.166. The van der Waals surface area contributed by atoms with Crippen molar-refractivity contribution in [1.29, 1.82) is 0 Å². The number of rotatable bonds is 3. The first-order valence-corrected chi connectivity index (χ1v) is 8.81. The molecule has 3 heterocycles. The molecule has 2 aliphatic rings. The average Bonchev–Trinajstić information content (AvgIpc) is 2.49. The molecule has 0 amide bonds.